The maximum Gasteiger partial charge on any atom is 0.407 e. The Labute approximate surface area is 261 Å². The van der Waals surface area contributed by atoms with Crippen LogP contribution in [0.25, 0.3) is 0 Å². The third kappa shape index (κ3) is 8.48. The number of alkyl carbamates (subject to hydrolysis) is 1. The number of ether oxygens (including phenoxy) is 1. The van der Waals surface area contributed by atoms with Crippen molar-refractivity contribution in [2.45, 2.75) is 137 Å². The molecule has 0 heterocycles. The van der Waals surface area contributed by atoms with E-state index in [0.29, 0.717) is 29.7 Å². The van der Waals surface area contributed by atoms with Gasteiger partial charge in [0.25, 0.3) is 0 Å². The van der Waals surface area contributed by atoms with Gasteiger partial charge in [-0.3, -0.25) is 4.57 Å². The van der Waals surface area contributed by atoms with E-state index in [1.807, 2.05) is 0 Å². The molecule has 0 bridgehead atoms. The van der Waals surface area contributed by atoms with Crippen molar-refractivity contribution in [3.63, 3.8) is 0 Å². The first-order valence-electron chi connectivity index (χ1n) is 17.5. The van der Waals surface area contributed by atoms with Crippen LogP contribution in [0.1, 0.15) is 125 Å². The fourth-order valence-electron chi connectivity index (χ4n) is 9.94. The summed E-state index contributed by atoms with van der Waals surface area (Å²) < 4.78 is 21.9. The highest BCUT2D eigenvalue weighted by Gasteiger charge is 2.61. The molecule has 1 amide bonds. The molecule has 8 heteroatoms. The van der Waals surface area contributed by atoms with Crippen molar-refractivity contribution in [2.24, 2.45) is 46.3 Å². The van der Waals surface area contributed by atoms with Crippen molar-refractivity contribution in [3.8, 4) is 0 Å². The highest BCUT2D eigenvalue weighted by molar-refractivity contribution is 7.51. The maximum absolute atomic E-state index is 12.6. The van der Waals surface area contributed by atoms with Crippen molar-refractivity contribution in [2.75, 3.05) is 19.8 Å². The van der Waals surface area contributed by atoms with Gasteiger partial charge in [-0.25, -0.2) is 4.79 Å². The first-order chi connectivity index (χ1) is 20.2. The molecule has 3 fully saturated rings. The third-order valence-electron chi connectivity index (χ3n) is 12.2. The molecule has 7 nitrogen and oxygen atoms in total. The van der Waals surface area contributed by atoms with Gasteiger partial charge in [-0.2, -0.15) is 0 Å². The van der Waals surface area contributed by atoms with Crippen LogP contribution in [0.4, 0.5) is 4.79 Å². The molecule has 1 unspecified atom stereocenters. The van der Waals surface area contributed by atoms with Crippen molar-refractivity contribution in [1.29, 1.82) is 0 Å². The molecule has 0 aromatic rings. The molecule has 3 N–H and O–H groups in total. The number of fused-ring (bicyclic) bond motifs is 5. The van der Waals surface area contributed by atoms with Gasteiger partial charge in [0.2, 0.25) is 0 Å². The van der Waals surface area contributed by atoms with Gasteiger partial charge < -0.3 is 24.6 Å². The summed E-state index contributed by atoms with van der Waals surface area (Å²) in [4.78, 5) is 21.7. The van der Waals surface area contributed by atoms with E-state index in [4.69, 9.17) is 14.2 Å². The second kappa shape index (κ2) is 14.7. The smallest absolute Gasteiger partial charge is 0.407 e. The van der Waals surface area contributed by atoms with Gasteiger partial charge >= 0.3 is 13.7 Å². The number of carbonyl (C=O) groups is 1. The average Bonchev–Trinajstić information content (AvgIpc) is 3.27. The summed E-state index contributed by atoms with van der Waals surface area (Å²) >= 11 is 0. The van der Waals surface area contributed by atoms with Gasteiger partial charge in [0.15, 0.2) is 0 Å². The first-order valence-corrected chi connectivity index (χ1v) is 19.6. The highest BCUT2D eigenvalue weighted by Crippen LogP contribution is 2.67. The summed E-state index contributed by atoms with van der Waals surface area (Å²) in [6.45, 7) is 14.2. The maximum atomic E-state index is 12.6. The minimum absolute atomic E-state index is 0.0911. The lowest BCUT2D eigenvalue weighted by molar-refractivity contribution is -0.0973. The standard InChI is InChI=1S/C35H62NO6P/c1-24(2)12-11-13-25(3)28-14-15-29-32-30(17-19-35(28,29)5)34(4)18-16-27(22-26(34)23-31(32)37)42-33(38)36-20-9-7-8-10-21-41-43(6,39)40/h23-25,27-32,37H,7-22H2,1-6H3,(H,36,38)(H,39,40)/t25-,27+,28-,29+,30+,31+,32+,34+,35-/m1/s1. The van der Waals surface area contributed by atoms with E-state index in [0.717, 1.165) is 62.7 Å². The number of nitrogens with one attached hydrogen (secondary N) is 1. The van der Waals surface area contributed by atoms with Crippen LogP contribution < -0.4 is 5.32 Å². The summed E-state index contributed by atoms with van der Waals surface area (Å²) in [7, 11) is -3.39. The Morgan fingerprint density at radius 1 is 1.02 bits per heavy atom. The Hall–Kier alpha value is -0.880. The molecular formula is C35H62NO6P. The van der Waals surface area contributed by atoms with Gasteiger partial charge in [-0.1, -0.05) is 78.4 Å². The van der Waals surface area contributed by atoms with Crippen LogP contribution in [0.15, 0.2) is 11.6 Å². The zero-order valence-corrected chi connectivity index (χ0v) is 28.9. The number of aliphatic hydroxyl groups excluding tert-OH is 1. The minimum Gasteiger partial charge on any atom is -0.446 e. The molecule has 4 aliphatic rings. The number of carbonyl (C=O) groups excluding carboxylic acids is 1. The van der Waals surface area contributed by atoms with E-state index >= 15 is 0 Å². The fraction of sp³-hybridized carbons (Fsp3) is 0.914. The van der Waals surface area contributed by atoms with E-state index in [-0.39, 0.29) is 24.2 Å². The van der Waals surface area contributed by atoms with E-state index in [9.17, 15) is 14.5 Å². The van der Waals surface area contributed by atoms with E-state index in [1.165, 1.54) is 57.2 Å². The average molecular weight is 624 g/mol. The second-order valence-electron chi connectivity index (χ2n) is 15.7. The molecule has 0 aromatic heterocycles. The summed E-state index contributed by atoms with van der Waals surface area (Å²) in [5, 5.41) is 14.5. The number of amides is 1. The number of aliphatic hydroxyl groups is 1. The molecule has 0 radical (unpaired) electrons. The van der Waals surface area contributed by atoms with Gasteiger partial charge in [0.05, 0.1) is 12.7 Å². The normalized spacial score (nSPS) is 37.5. The van der Waals surface area contributed by atoms with Gasteiger partial charge in [0, 0.05) is 19.6 Å². The Balaban J connectivity index is 1.27. The highest BCUT2D eigenvalue weighted by atomic mass is 31.2. The third-order valence-corrected chi connectivity index (χ3v) is 12.9. The predicted octanol–water partition coefficient (Wildman–Crippen LogP) is 8.49. The lowest BCUT2D eigenvalue weighted by Crippen LogP contribution is -2.55. The molecule has 43 heavy (non-hydrogen) atoms. The van der Waals surface area contributed by atoms with Gasteiger partial charge in [-0.05, 0) is 97.7 Å². The van der Waals surface area contributed by atoms with E-state index in [1.54, 1.807) is 0 Å². The quantitative estimate of drug-likeness (QED) is 0.102. The summed E-state index contributed by atoms with van der Waals surface area (Å²) in [6, 6.07) is 0. The van der Waals surface area contributed by atoms with Crippen molar-refractivity contribution >= 4 is 13.7 Å². The topological polar surface area (TPSA) is 105 Å². The predicted molar refractivity (Wildman–Crippen MR) is 173 cm³/mol. The molecule has 0 aliphatic heterocycles. The summed E-state index contributed by atoms with van der Waals surface area (Å²) in [5.41, 5.74) is 1.74. The molecule has 0 aromatic carbocycles. The van der Waals surface area contributed by atoms with Crippen LogP contribution in [-0.2, 0) is 13.8 Å². The fourth-order valence-corrected chi connectivity index (χ4v) is 10.4. The van der Waals surface area contributed by atoms with Gasteiger partial charge in [0.1, 0.15) is 6.10 Å². The van der Waals surface area contributed by atoms with Crippen molar-refractivity contribution in [3.05, 3.63) is 11.6 Å². The Kier molecular flexibility index (Phi) is 12.0. The molecule has 248 valence electrons. The largest absolute Gasteiger partial charge is 0.446 e. The number of hydrogen-bond donors (Lipinski definition) is 3. The summed E-state index contributed by atoms with van der Waals surface area (Å²) in [6.07, 6.45) is 16.3. The Bertz CT molecular complexity index is 1010. The molecule has 4 aliphatic carbocycles. The molecular weight excluding hydrogens is 561 g/mol. The Morgan fingerprint density at radius 2 is 1.77 bits per heavy atom. The van der Waals surface area contributed by atoms with Crippen molar-refractivity contribution < 1.29 is 28.6 Å². The van der Waals surface area contributed by atoms with E-state index < -0.39 is 13.7 Å². The van der Waals surface area contributed by atoms with Crippen LogP contribution >= 0.6 is 7.60 Å². The monoisotopic (exact) mass is 623 g/mol. The second-order valence-corrected chi connectivity index (χ2v) is 17.5. The van der Waals surface area contributed by atoms with Crippen LogP contribution in [-0.4, -0.2) is 48.1 Å². The zero-order valence-electron chi connectivity index (χ0n) is 28.0. The summed E-state index contributed by atoms with van der Waals surface area (Å²) in [5.74, 6) is 3.78. The van der Waals surface area contributed by atoms with E-state index in [2.05, 4.69) is 46.0 Å². The lowest BCUT2D eigenvalue weighted by atomic mass is 9.46. The number of rotatable bonds is 14. The Morgan fingerprint density at radius 3 is 2.49 bits per heavy atom. The van der Waals surface area contributed by atoms with Crippen LogP contribution in [0.2, 0.25) is 0 Å². The van der Waals surface area contributed by atoms with Crippen LogP contribution in [0.3, 0.4) is 0 Å². The first kappa shape index (κ1) is 35.0. The molecule has 3 saturated carbocycles. The number of unbranched alkanes of at least 4 members (excludes halogenated alkanes) is 3. The minimum atomic E-state index is -3.39. The van der Waals surface area contributed by atoms with Crippen LogP contribution in [0.5, 0.6) is 0 Å². The molecule has 0 spiro atoms. The lowest BCUT2D eigenvalue weighted by Gasteiger charge is -2.59. The van der Waals surface area contributed by atoms with Gasteiger partial charge in [-0.15, -0.1) is 0 Å². The zero-order chi connectivity index (χ0) is 31.4. The molecule has 0 saturated heterocycles. The number of hydrogen-bond acceptors (Lipinski definition) is 5. The van der Waals surface area contributed by atoms with Crippen LogP contribution in [0, 0.1) is 46.3 Å². The molecule has 10 atom stereocenters. The SMILES string of the molecule is CC(C)CCC[C@@H](C)[C@H]1CC[C@H]2[C@@H]3[C@@H](O)C=C4C[C@@H](OC(=O)NCCCCCCOP(C)(=O)O)CC[C@]4(C)[C@H]3CC[C@]12C. The van der Waals surface area contributed by atoms with Crippen molar-refractivity contribution in [1.82, 2.24) is 5.32 Å². The molecule has 4 rings (SSSR count).